The van der Waals surface area contributed by atoms with Crippen molar-refractivity contribution in [2.75, 3.05) is 0 Å². The first kappa shape index (κ1) is 11.5. The summed E-state index contributed by atoms with van der Waals surface area (Å²) in [4.78, 5) is 0. The standard InChI is InChI=1S/C14H25B/c1-9-5-11-7-10(2)13(14(3,4)15)12(6-9)8-11/h9-13H,5-8H2,1-4H3. The van der Waals surface area contributed by atoms with Gasteiger partial charge in [-0.1, -0.05) is 33.0 Å². The van der Waals surface area contributed by atoms with E-state index in [2.05, 4.69) is 27.7 Å². The van der Waals surface area contributed by atoms with Crippen molar-refractivity contribution in [1.82, 2.24) is 0 Å². The second-order valence-corrected chi connectivity index (χ2v) is 7.00. The zero-order valence-corrected chi connectivity index (χ0v) is 10.8. The van der Waals surface area contributed by atoms with Gasteiger partial charge in [0.05, 0.1) is 7.85 Å². The highest BCUT2D eigenvalue weighted by Gasteiger charge is 2.44. The largest absolute Gasteiger partial charge is 0.0742 e. The summed E-state index contributed by atoms with van der Waals surface area (Å²) in [5.41, 5.74) is 0. The highest BCUT2D eigenvalue weighted by Crippen LogP contribution is 2.54. The maximum Gasteiger partial charge on any atom is 0.0742 e. The van der Waals surface area contributed by atoms with Crippen LogP contribution < -0.4 is 0 Å². The Morgan fingerprint density at radius 2 is 1.67 bits per heavy atom. The Hall–Kier alpha value is 0.0649. The number of hydrogen-bond donors (Lipinski definition) is 0. The molecule has 0 aromatic rings. The van der Waals surface area contributed by atoms with Gasteiger partial charge in [-0.05, 0) is 55.3 Å². The summed E-state index contributed by atoms with van der Waals surface area (Å²) in [6, 6.07) is 0. The van der Waals surface area contributed by atoms with E-state index in [1.54, 1.807) is 0 Å². The van der Waals surface area contributed by atoms with Crippen LogP contribution in [0.2, 0.25) is 5.31 Å². The lowest BCUT2D eigenvalue weighted by Crippen LogP contribution is -2.41. The van der Waals surface area contributed by atoms with E-state index in [1.165, 1.54) is 25.7 Å². The fourth-order valence-corrected chi connectivity index (χ4v) is 4.77. The minimum absolute atomic E-state index is 0.0200. The van der Waals surface area contributed by atoms with Gasteiger partial charge in [0.1, 0.15) is 0 Å². The van der Waals surface area contributed by atoms with Crippen LogP contribution in [0.4, 0.5) is 0 Å². The molecule has 2 fully saturated rings. The Balaban J connectivity index is 2.16. The SMILES string of the molecule is [B]C(C)(C)C1C(C)CC2CC(C)CC1C2. The second kappa shape index (κ2) is 3.82. The first-order chi connectivity index (χ1) is 6.88. The first-order valence-electron chi connectivity index (χ1n) is 6.66. The highest BCUT2D eigenvalue weighted by atomic mass is 14.5. The molecule has 2 saturated carbocycles. The van der Waals surface area contributed by atoms with Crippen LogP contribution in [-0.2, 0) is 0 Å². The first-order valence-corrected chi connectivity index (χ1v) is 6.66. The van der Waals surface area contributed by atoms with Gasteiger partial charge in [0.2, 0.25) is 0 Å². The number of rotatable bonds is 1. The maximum atomic E-state index is 6.38. The van der Waals surface area contributed by atoms with Gasteiger partial charge in [-0.2, -0.15) is 0 Å². The molecule has 2 bridgehead atoms. The molecule has 1 heteroatoms. The van der Waals surface area contributed by atoms with E-state index in [-0.39, 0.29) is 5.31 Å². The quantitative estimate of drug-likeness (QED) is 0.565. The predicted octanol–water partition coefficient (Wildman–Crippen LogP) is 4.06. The summed E-state index contributed by atoms with van der Waals surface area (Å²) in [6.45, 7) is 9.31. The highest BCUT2D eigenvalue weighted by molar-refractivity contribution is 6.14. The van der Waals surface area contributed by atoms with Gasteiger partial charge in [-0.3, -0.25) is 0 Å². The third kappa shape index (κ3) is 2.26. The van der Waals surface area contributed by atoms with Crippen molar-refractivity contribution in [3.8, 4) is 0 Å². The molecule has 0 saturated heterocycles. The van der Waals surface area contributed by atoms with Crippen molar-refractivity contribution < 1.29 is 0 Å². The fourth-order valence-electron chi connectivity index (χ4n) is 4.77. The third-order valence-corrected chi connectivity index (χ3v) is 4.76. The molecule has 0 nitrogen and oxygen atoms in total. The predicted molar refractivity (Wildman–Crippen MR) is 67.1 cm³/mol. The smallest absolute Gasteiger partial charge is 0.0683 e. The summed E-state index contributed by atoms with van der Waals surface area (Å²) < 4.78 is 0. The van der Waals surface area contributed by atoms with E-state index >= 15 is 0 Å². The molecule has 2 rings (SSSR count). The van der Waals surface area contributed by atoms with Crippen LogP contribution in [0.1, 0.15) is 53.4 Å². The van der Waals surface area contributed by atoms with Crippen LogP contribution in [-0.4, -0.2) is 7.85 Å². The van der Waals surface area contributed by atoms with E-state index in [9.17, 15) is 0 Å². The van der Waals surface area contributed by atoms with Crippen molar-refractivity contribution in [2.24, 2.45) is 29.6 Å². The van der Waals surface area contributed by atoms with Gasteiger partial charge < -0.3 is 0 Å². The minimum atomic E-state index is 0.0200. The van der Waals surface area contributed by atoms with Gasteiger partial charge in [-0.15, -0.1) is 0 Å². The normalized spacial score (nSPS) is 46.5. The summed E-state index contributed by atoms with van der Waals surface area (Å²) in [6.07, 6.45) is 5.77. The van der Waals surface area contributed by atoms with Gasteiger partial charge in [-0.25, -0.2) is 0 Å². The van der Waals surface area contributed by atoms with E-state index in [1.807, 2.05) is 0 Å². The van der Waals surface area contributed by atoms with Crippen LogP contribution in [0.3, 0.4) is 0 Å². The minimum Gasteiger partial charge on any atom is -0.0683 e. The van der Waals surface area contributed by atoms with E-state index in [0.717, 1.165) is 29.6 Å². The average Bonchev–Trinajstić information content (AvgIpc) is 1.97. The molecule has 2 radical (unpaired) electrons. The van der Waals surface area contributed by atoms with Crippen LogP contribution >= 0.6 is 0 Å². The average molecular weight is 204 g/mol. The Bertz CT molecular complexity index is 224. The van der Waals surface area contributed by atoms with Gasteiger partial charge in [0, 0.05) is 0 Å². The molecule has 2 aliphatic rings. The molecular weight excluding hydrogens is 179 g/mol. The molecule has 0 aliphatic heterocycles. The summed E-state index contributed by atoms with van der Waals surface area (Å²) in [7, 11) is 6.38. The van der Waals surface area contributed by atoms with Crippen molar-refractivity contribution in [2.45, 2.75) is 58.7 Å². The Morgan fingerprint density at radius 1 is 1.00 bits per heavy atom. The van der Waals surface area contributed by atoms with Crippen LogP contribution in [0.15, 0.2) is 0 Å². The van der Waals surface area contributed by atoms with E-state index < -0.39 is 0 Å². The lowest BCUT2D eigenvalue weighted by Gasteiger charge is -2.51. The van der Waals surface area contributed by atoms with Crippen molar-refractivity contribution in [1.29, 1.82) is 0 Å². The number of fused-ring (bicyclic) bond motifs is 2. The third-order valence-electron chi connectivity index (χ3n) is 4.76. The Labute approximate surface area is 96.6 Å². The number of hydrogen-bond acceptors (Lipinski definition) is 0. The lowest BCUT2D eigenvalue weighted by atomic mass is 9.49. The van der Waals surface area contributed by atoms with Gasteiger partial charge >= 0.3 is 0 Å². The van der Waals surface area contributed by atoms with Crippen molar-refractivity contribution in [3.63, 3.8) is 0 Å². The Morgan fingerprint density at radius 3 is 2.27 bits per heavy atom. The molecule has 0 N–H and O–H groups in total. The van der Waals surface area contributed by atoms with E-state index in [0.29, 0.717) is 0 Å². The molecule has 5 unspecified atom stereocenters. The van der Waals surface area contributed by atoms with Crippen LogP contribution in [0.25, 0.3) is 0 Å². The molecule has 0 amide bonds. The second-order valence-electron chi connectivity index (χ2n) is 7.00. The summed E-state index contributed by atoms with van der Waals surface area (Å²) in [5, 5.41) is 0.0200. The fraction of sp³-hybridized carbons (Fsp3) is 1.00. The molecule has 15 heavy (non-hydrogen) atoms. The summed E-state index contributed by atoms with van der Waals surface area (Å²) >= 11 is 0. The van der Waals surface area contributed by atoms with Crippen molar-refractivity contribution in [3.05, 3.63) is 0 Å². The van der Waals surface area contributed by atoms with Gasteiger partial charge in [0.25, 0.3) is 0 Å². The van der Waals surface area contributed by atoms with E-state index in [4.69, 9.17) is 7.85 Å². The molecule has 0 aromatic heterocycles. The molecule has 5 atom stereocenters. The molecule has 0 spiro atoms. The molecular formula is C14H25B. The van der Waals surface area contributed by atoms with Gasteiger partial charge in [0.15, 0.2) is 0 Å². The monoisotopic (exact) mass is 204 g/mol. The summed E-state index contributed by atoms with van der Waals surface area (Å²) in [5.74, 6) is 4.43. The zero-order chi connectivity index (χ0) is 11.2. The van der Waals surface area contributed by atoms with Crippen molar-refractivity contribution >= 4 is 7.85 Å². The van der Waals surface area contributed by atoms with Crippen LogP contribution in [0.5, 0.6) is 0 Å². The van der Waals surface area contributed by atoms with Crippen LogP contribution in [0, 0.1) is 29.6 Å². The molecule has 0 aromatic carbocycles. The molecule has 84 valence electrons. The lowest BCUT2D eigenvalue weighted by molar-refractivity contribution is 0.0269. The topological polar surface area (TPSA) is 0 Å². The molecule has 0 heterocycles. The maximum absolute atomic E-state index is 6.38. The zero-order valence-electron chi connectivity index (χ0n) is 10.8. The Kier molecular flexibility index (Phi) is 2.94. The molecule has 2 aliphatic carbocycles.